The molecule has 4 rings (SSSR count). The third-order valence-corrected chi connectivity index (χ3v) is 5.96. The van der Waals surface area contributed by atoms with Gasteiger partial charge in [-0.25, -0.2) is 4.98 Å². The summed E-state index contributed by atoms with van der Waals surface area (Å²) in [4.78, 5) is 29.2. The van der Waals surface area contributed by atoms with Crippen molar-refractivity contribution in [2.75, 3.05) is 5.32 Å². The molecule has 2 amide bonds. The molecule has 0 bridgehead atoms. The van der Waals surface area contributed by atoms with Crippen molar-refractivity contribution in [3.05, 3.63) is 107 Å². The van der Waals surface area contributed by atoms with Crippen molar-refractivity contribution in [3.8, 4) is 0 Å². The Morgan fingerprint density at radius 3 is 2.42 bits per heavy atom. The smallest absolute Gasteiger partial charge is 0.255 e. The summed E-state index contributed by atoms with van der Waals surface area (Å²) in [7, 11) is 0. The normalized spacial score (nSPS) is 11.5. The Hall–Kier alpha value is -3.91. The fourth-order valence-corrected chi connectivity index (χ4v) is 3.94. The molecule has 1 unspecified atom stereocenters. The van der Waals surface area contributed by atoms with E-state index in [0.717, 1.165) is 22.0 Å². The molecule has 0 spiro atoms. The molecular weight excluding hydrogens is 434 g/mol. The molecule has 0 radical (unpaired) electrons. The minimum atomic E-state index is -0.229. The van der Waals surface area contributed by atoms with Gasteiger partial charge in [-0.1, -0.05) is 54.2 Å². The first-order valence-corrected chi connectivity index (χ1v) is 11.4. The van der Waals surface area contributed by atoms with Crippen LogP contribution < -0.4 is 10.6 Å². The second-order valence-electron chi connectivity index (χ2n) is 7.42. The molecule has 0 aliphatic heterocycles. The van der Waals surface area contributed by atoms with Gasteiger partial charge in [0.25, 0.3) is 11.8 Å². The van der Waals surface area contributed by atoms with E-state index in [9.17, 15) is 9.59 Å². The zero-order chi connectivity index (χ0) is 23.0. The average Bonchev–Trinajstić information content (AvgIpc) is 3.37. The number of anilines is 1. The Morgan fingerprint density at radius 2 is 1.70 bits per heavy atom. The van der Waals surface area contributed by atoms with Crippen molar-refractivity contribution in [1.82, 2.24) is 20.5 Å². The predicted molar refractivity (Wildman–Crippen MR) is 129 cm³/mol. The summed E-state index contributed by atoms with van der Waals surface area (Å²) in [5.41, 5.74) is 3.84. The average molecular weight is 458 g/mol. The molecule has 3 N–H and O–H groups in total. The van der Waals surface area contributed by atoms with Crippen LogP contribution in [0.3, 0.4) is 0 Å². The van der Waals surface area contributed by atoms with Gasteiger partial charge >= 0.3 is 0 Å². The lowest BCUT2D eigenvalue weighted by atomic mass is 10.1. The standard InChI is InChI=1S/C25H23N5O2S/c1-17(21-8-5-9-22(14-21)29-24(32)19-6-3-2-4-7-19)28-23(31)20-12-10-18(11-13-20)15-33-25-26-16-27-30-25/h2-14,16-17H,15H2,1H3,(H,28,31)(H,29,32)(H,26,27,30). The molecule has 166 valence electrons. The maximum Gasteiger partial charge on any atom is 0.255 e. The molecule has 1 aromatic heterocycles. The second-order valence-corrected chi connectivity index (χ2v) is 8.38. The number of aromatic nitrogens is 3. The molecule has 0 fully saturated rings. The summed E-state index contributed by atoms with van der Waals surface area (Å²) >= 11 is 1.55. The number of rotatable bonds is 8. The lowest BCUT2D eigenvalue weighted by molar-refractivity contribution is 0.0939. The molecule has 0 saturated carbocycles. The highest BCUT2D eigenvalue weighted by atomic mass is 32.2. The van der Waals surface area contributed by atoms with E-state index in [2.05, 4.69) is 25.8 Å². The van der Waals surface area contributed by atoms with Crippen LogP contribution in [0.2, 0.25) is 0 Å². The summed E-state index contributed by atoms with van der Waals surface area (Å²) < 4.78 is 0. The Kier molecular flexibility index (Phi) is 7.16. The molecule has 33 heavy (non-hydrogen) atoms. The molecule has 7 nitrogen and oxygen atoms in total. The van der Waals surface area contributed by atoms with Crippen molar-refractivity contribution >= 4 is 29.3 Å². The van der Waals surface area contributed by atoms with Crippen LogP contribution >= 0.6 is 11.8 Å². The monoisotopic (exact) mass is 457 g/mol. The van der Waals surface area contributed by atoms with Crippen molar-refractivity contribution in [1.29, 1.82) is 0 Å². The van der Waals surface area contributed by atoms with Crippen LogP contribution in [0.25, 0.3) is 0 Å². The number of H-pyrrole nitrogens is 1. The molecule has 1 atom stereocenters. The van der Waals surface area contributed by atoms with Crippen molar-refractivity contribution in [3.63, 3.8) is 0 Å². The van der Waals surface area contributed by atoms with Crippen LogP contribution in [0.1, 0.15) is 44.8 Å². The zero-order valence-electron chi connectivity index (χ0n) is 18.0. The number of nitrogens with zero attached hydrogens (tertiary/aromatic N) is 2. The number of carbonyl (C=O) groups is 2. The SMILES string of the molecule is CC(NC(=O)c1ccc(CSc2ncn[nH]2)cc1)c1cccc(NC(=O)c2ccccc2)c1. The second kappa shape index (κ2) is 10.6. The number of thioether (sulfide) groups is 1. The van der Waals surface area contributed by atoms with Crippen molar-refractivity contribution in [2.45, 2.75) is 23.9 Å². The number of aromatic amines is 1. The Morgan fingerprint density at radius 1 is 0.939 bits per heavy atom. The van der Waals surface area contributed by atoms with E-state index in [1.54, 1.807) is 23.9 Å². The van der Waals surface area contributed by atoms with Gasteiger partial charge in [-0.05, 0) is 54.4 Å². The molecule has 8 heteroatoms. The molecule has 0 aliphatic rings. The largest absolute Gasteiger partial charge is 0.346 e. The van der Waals surface area contributed by atoms with E-state index in [4.69, 9.17) is 0 Å². The highest BCUT2D eigenvalue weighted by Crippen LogP contribution is 2.20. The molecule has 0 saturated heterocycles. The van der Waals surface area contributed by atoms with Gasteiger partial charge in [0, 0.05) is 22.6 Å². The molecule has 4 aromatic rings. The lowest BCUT2D eigenvalue weighted by Crippen LogP contribution is -2.26. The number of hydrogen-bond acceptors (Lipinski definition) is 5. The fraction of sp³-hybridized carbons (Fsp3) is 0.120. The minimum Gasteiger partial charge on any atom is -0.346 e. The maximum absolute atomic E-state index is 12.7. The van der Waals surface area contributed by atoms with Crippen LogP contribution in [0.15, 0.2) is 90.3 Å². The summed E-state index contributed by atoms with van der Waals surface area (Å²) in [5, 5.41) is 13.3. The zero-order valence-corrected chi connectivity index (χ0v) is 18.8. The van der Waals surface area contributed by atoms with Gasteiger partial charge in [0.2, 0.25) is 0 Å². The van der Waals surface area contributed by atoms with Crippen LogP contribution in [-0.2, 0) is 5.75 Å². The van der Waals surface area contributed by atoms with E-state index < -0.39 is 0 Å². The first-order chi connectivity index (χ1) is 16.1. The van der Waals surface area contributed by atoms with Gasteiger partial charge in [-0.15, -0.1) is 0 Å². The van der Waals surface area contributed by atoms with E-state index in [1.807, 2.05) is 73.7 Å². The highest BCUT2D eigenvalue weighted by Gasteiger charge is 2.13. The van der Waals surface area contributed by atoms with E-state index >= 15 is 0 Å². The quantitative estimate of drug-likeness (QED) is 0.329. The number of hydrogen-bond donors (Lipinski definition) is 3. The first kappa shape index (κ1) is 22.3. The highest BCUT2D eigenvalue weighted by molar-refractivity contribution is 7.98. The van der Waals surface area contributed by atoms with Crippen molar-refractivity contribution < 1.29 is 9.59 Å². The van der Waals surface area contributed by atoms with Crippen LogP contribution in [-0.4, -0.2) is 27.0 Å². The van der Waals surface area contributed by atoms with Gasteiger partial charge in [0.05, 0.1) is 6.04 Å². The van der Waals surface area contributed by atoms with E-state index in [1.165, 1.54) is 6.33 Å². The van der Waals surface area contributed by atoms with Gasteiger partial charge in [-0.3, -0.25) is 14.7 Å². The minimum absolute atomic E-state index is 0.157. The maximum atomic E-state index is 12.7. The Labute approximate surface area is 196 Å². The fourth-order valence-electron chi connectivity index (χ4n) is 3.21. The summed E-state index contributed by atoms with van der Waals surface area (Å²) in [6, 6.07) is 23.8. The van der Waals surface area contributed by atoms with Gasteiger partial charge < -0.3 is 10.6 Å². The number of nitrogens with one attached hydrogen (secondary N) is 3. The Bertz CT molecular complexity index is 1210. The first-order valence-electron chi connectivity index (χ1n) is 10.4. The van der Waals surface area contributed by atoms with Gasteiger partial charge in [-0.2, -0.15) is 5.10 Å². The Balaban J connectivity index is 1.34. The molecule has 0 aliphatic carbocycles. The van der Waals surface area contributed by atoms with E-state index in [0.29, 0.717) is 16.8 Å². The number of amides is 2. The van der Waals surface area contributed by atoms with Crippen LogP contribution in [0.5, 0.6) is 0 Å². The van der Waals surface area contributed by atoms with Gasteiger partial charge in [0.15, 0.2) is 5.16 Å². The predicted octanol–water partition coefficient (Wildman–Crippen LogP) is 4.84. The number of benzene rings is 3. The lowest BCUT2D eigenvalue weighted by Gasteiger charge is -2.16. The van der Waals surface area contributed by atoms with Gasteiger partial charge in [0.1, 0.15) is 6.33 Å². The third kappa shape index (κ3) is 6.08. The summed E-state index contributed by atoms with van der Waals surface area (Å²) in [6.45, 7) is 1.92. The summed E-state index contributed by atoms with van der Waals surface area (Å²) in [5.74, 6) is 0.399. The van der Waals surface area contributed by atoms with Crippen molar-refractivity contribution in [2.24, 2.45) is 0 Å². The third-order valence-electron chi connectivity index (χ3n) is 5.01. The summed E-state index contributed by atoms with van der Waals surface area (Å²) in [6.07, 6.45) is 1.48. The molecular formula is C25H23N5O2S. The topological polar surface area (TPSA) is 99.8 Å². The van der Waals surface area contributed by atoms with Crippen LogP contribution in [0, 0.1) is 0 Å². The number of carbonyl (C=O) groups excluding carboxylic acids is 2. The van der Waals surface area contributed by atoms with Crippen LogP contribution in [0.4, 0.5) is 5.69 Å². The van der Waals surface area contributed by atoms with E-state index in [-0.39, 0.29) is 17.9 Å². The molecule has 1 heterocycles. The molecule has 3 aromatic carbocycles.